The van der Waals surface area contributed by atoms with E-state index in [4.69, 9.17) is 0 Å². The number of sulfonamides is 2. The van der Waals surface area contributed by atoms with Crippen molar-refractivity contribution in [2.24, 2.45) is 0 Å². The molecule has 3 N–H and O–H groups in total. The number of carbonyl (C=O) groups excluding carboxylic acids is 1. The van der Waals surface area contributed by atoms with E-state index in [-0.39, 0.29) is 14.2 Å². The summed E-state index contributed by atoms with van der Waals surface area (Å²) in [6.45, 7) is 0. The number of thiazole rings is 1. The highest BCUT2D eigenvalue weighted by Gasteiger charge is 2.17. The van der Waals surface area contributed by atoms with E-state index in [2.05, 4.69) is 19.7 Å². The van der Waals surface area contributed by atoms with Gasteiger partial charge < -0.3 is 5.32 Å². The number of benzene rings is 2. The fourth-order valence-electron chi connectivity index (χ4n) is 2.68. The summed E-state index contributed by atoms with van der Waals surface area (Å²) in [5.74, 6) is -0.431. The summed E-state index contributed by atoms with van der Waals surface area (Å²) in [5, 5.41) is 6.25. The topological polar surface area (TPSA) is 134 Å². The van der Waals surface area contributed by atoms with Crippen LogP contribution < -0.4 is 14.8 Å². The number of hydrogen-bond acceptors (Lipinski definition) is 8. The van der Waals surface area contributed by atoms with Gasteiger partial charge in [-0.3, -0.25) is 14.2 Å². The molecule has 0 aliphatic heterocycles. The van der Waals surface area contributed by atoms with E-state index in [1.165, 1.54) is 60.8 Å². The predicted octanol–water partition coefficient (Wildman–Crippen LogP) is 4.06. The van der Waals surface area contributed by atoms with E-state index in [0.717, 1.165) is 22.7 Å². The molecule has 4 aromatic rings. The van der Waals surface area contributed by atoms with E-state index < -0.39 is 26.0 Å². The van der Waals surface area contributed by atoms with Gasteiger partial charge in [-0.05, 0) is 60.0 Å². The van der Waals surface area contributed by atoms with Gasteiger partial charge in [-0.25, -0.2) is 21.8 Å². The summed E-state index contributed by atoms with van der Waals surface area (Å²) in [6.07, 6.45) is 1.49. The molecule has 9 nitrogen and oxygen atoms in total. The third kappa shape index (κ3) is 5.57. The van der Waals surface area contributed by atoms with Gasteiger partial charge in [-0.2, -0.15) is 0 Å². The maximum atomic E-state index is 12.5. The van der Waals surface area contributed by atoms with Crippen molar-refractivity contribution in [1.82, 2.24) is 4.98 Å². The number of aromatic nitrogens is 1. The van der Waals surface area contributed by atoms with Crippen LogP contribution in [0.2, 0.25) is 0 Å². The van der Waals surface area contributed by atoms with Crippen molar-refractivity contribution in [3.63, 3.8) is 0 Å². The summed E-state index contributed by atoms with van der Waals surface area (Å²) in [4.78, 5) is 16.4. The Morgan fingerprint density at radius 2 is 1.45 bits per heavy atom. The van der Waals surface area contributed by atoms with Gasteiger partial charge in [0.1, 0.15) is 4.21 Å². The molecule has 1 amide bonds. The van der Waals surface area contributed by atoms with E-state index in [0.29, 0.717) is 16.9 Å². The lowest BCUT2D eigenvalue weighted by Crippen LogP contribution is -2.14. The molecule has 0 saturated carbocycles. The summed E-state index contributed by atoms with van der Waals surface area (Å²) in [5.41, 5.74) is 1.02. The normalized spacial score (nSPS) is 11.6. The molecule has 4 rings (SSSR count). The monoisotopic (exact) mass is 520 g/mol. The van der Waals surface area contributed by atoms with Crippen LogP contribution in [0.1, 0.15) is 10.4 Å². The van der Waals surface area contributed by atoms with Crippen LogP contribution in [-0.4, -0.2) is 27.7 Å². The third-order valence-electron chi connectivity index (χ3n) is 4.24. The molecule has 33 heavy (non-hydrogen) atoms. The molecule has 0 bridgehead atoms. The number of rotatable bonds is 8. The second-order valence-electron chi connectivity index (χ2n) is 6.54. The van der Waals surface area contributed by atoms with Gasteiger partial charge in [0.25, 0.3) is 26.0 Å². The Labute approximate surface area is 198 Å². The molecule has 2 aromatic heterocycles. The zero-order valence-corrected chi connectivity index (χ0v) is 19.9. The van der Waals surface area contributed by atoms with Gasteiger partial charge in [-0.1, -0.05) is 6.07 Å². The molecule has 0 atom stereocenters. The number of nitrogens with zero attached hydrogens (tertiary/aromatic N) is 1. The van der Waals surface area contributed by atoms with Crippen LogP contribution in [0, 0.1) is 0 Å². The van der Waals surface area contributed by atoms with Crippen molar-refractivity contribution in [2.45, 2.75) is 9.10 Å². The number of anilines is 3. The number of carbonyl (C=O) groups is 1. The van der Waals surface area contributed by atoms with Crippen LogP contribution in [0.3, 0.4) is 0 Å². The van der Waals surface area contributed by atoms with Gasteiger partial charge >= 0.3 is 0 Å². The second kappa shape index (κ2) is 9.31. The highest BCUT2D eigenvalue weighted by Crippen LogP contribution is 2.22. The highest BCUT2D eigenvalue weighted by molar-refractivity contribution is 7.94. The molecular weight excluding hydrogens is 505 g/mol. The third-order valence-corrected chi connectivity index (χ3v) is 9.19. The Morgan fingerprint density at radius 1 is 0.758 bits per heavy atom. The predicted molar refractivity (Wildman–Crippen MR) is 129 cm³/mol. The molecule has 2 heterocycles. The van der Waals surface area contributed by atoms with Crippen molar-refractivity contribution in [3.05, 3.63) is 83.2 Å². The second-order valence-corrected chi connectivity index (χ2v) is 12.0. The first kappa shape index (κ1) is 22.9. The Hall–Kier alpha value is -3.26. The van der Waals surface area contributed by atoms with E-state index in [1.54, 1.807) is 16.8 Å². The molecule has 13 heteroatoms. The molecule has 0 saturated heterocycles. The van der Waals surface area contributed by atoms with Crippen LogP contribution >= 0.6 is 22.7 Å². The maximum Gasteiger partial charge on any atom is 0.271 e. The summed E-state index contributed by atoms with van der Waals surface area (Å²) in [6, 6.07) is 14.8. The first-order valence-corrected chi connectivity index (χ1v) is 14.0. The van der Waals surface area contributed by atoms with Crippen LogP contribution in [0.4, 0.5) is 16.5 Å². The lowest BCUT2D eigenvalue weighted by Gasteiger charge is -2.09. The zero-order valence-electron chi connectivity index (χ0n) is 16.6. The van der Waals surface area contributed by atoms with Crippen LogP contribution in [0.5, 0.6) is 0 Å². The number of amides is 1. The zero-order chi connectivity index (χ0) is 23.5. The number of thiophene rings is 1. The smallest absolute Gasteiger partial charge is 0.271 e. The van der Waals surface area contributed by atoms with E-state index in [1.807, 2.05) is 0 Å². The number of hydrogen-bond donors (Lipinski definition) is 3. The molecule has 0 aliphatic carbocycles. The fourth-order valence-corrected chi connectivity index (χ4v) is 6.52. The van der Waals surface area contributed by atoms with Crippen LogP contribution in [0.25, 0.3) is 0 Å². The van der Waals surface area contributed by atoms with E-state index >= 15 is 0 Å². The molecular formula is C20H16N4O5S4. The van der Waals surface area contributed by atoms with Crippen molar-refractivity contribution in [3.8, 4) is 0 Å². The highest BCUT2D eigenvalue weighted by atomic mass is 32.2. The average molecular weight is 521 g/mol. The molecule has 170 valence electrons. The largest absolute Gasteiger partial charge is 0.322 e. The first-order valence-electron chi connectivity index (χ1n) is 9.23. The van der Waals surface area contributed by atoms with Gasteiger partial charge in [0.05, 0.1) is 4.90 Å². The lowest BCUT2D eigenvalue weighted by atomic mass is 10.2. The summed E-state index contributed by atoms with van der Waals surface area (Å²) < 4.78 is 54.3. The Morgan fingerprint density at radius 3 is 2.06 bits per heavy atom. The molecule has 2 aromatic carbocycles. The van der Waals surface area contributed by atoms with Gasteiger partial charge in [0.15, 0.2) is 5.13 Å². The average Bonchev–Trinajstić information content (AvgIpc) is 3.49. The van der Waals surface area contributed by atoms with E-state index in [9.17, 15) is 21.6 Å². The molecule has 0 aliphatic rings. The van der Waals surface area contributed by atoms with Crippen molar-refractivity contribution >= 4 is 65.1 Å². The molecule has 0 unspecified atom stereocenters. The molecule has 0 radical (unpaired) electrons. The van der Waals surface area contributed by atoms with Crippen molar-refractivity contribution in [2.75, 3.05) is 14.8 Å². The quantitative estimate of drug-likeness (QED) is 0.321. The van der Waals surface area contributed by atoms with Crippen LogP contribution in [0.15, 0.2) is 86.7 Å². The minimum atomic E-state index is -3.79. The Kier molecular flexibility index (Phi) is 6.47. The fraction of sp³-hybridized carbons (Fsp3) is 0. The Bertz CT molecular complexity index is 1450. The van der Waals surface area contributed by atoms with Crippen molar-refractivity contribution < 1.29 is 21.6 Å². The summed E-state index contributed by atoms with van der Waals surface area (Å²) in [7, 11) is -7.46. The SMILES string of the molecule is O=C(Nc1ccc(S(=O)(=O)Nc2nccs2)cc1)c1ccc(NS(=O)(=O)c2cccs2)cc1. The molecule has 0 spiro atoms. The van der Waals surface area contributed by atoms with Gasteiger partial charge in [0.2, 0.25) is 0 Å². The minimum absolute atomic E-state index is 0.0260. The molecule has 0 fully saturated rings. The standard InChI is InChI=1S/C20H16N4O5S4/c25-19(14-3-5-16(6-4-14)23-33(28,29)18-2-1-12-30-18)22-15-7-9-17(10-8-15)32(26,27)24-20-21-11-13-31-20/h1-13,23H,(H,21,24)(H,22,25). The van der Waals surface area contributed by atoms with Crippen LogP contribution in [-0.2, 0) is 20.0 Å². The first-order chi connectivity index (χ1) is 15.7. The van der Waals surface area contributed by atoms with Gasteiger partial charge in [-0.15, -0.1) is 22.7 Å². The van der Waals surface area contributed by atoms with Gasteiger partial charge in [0, 0.05) is 28.5 Å². The lowest BCUT2D eigenvalue weighted by molar-refractivity contribution is 0.102. The summed E-state index contributed by atoms with van der Waals surface area (Å²) >= 11 is 2.26. The Balaban J connectivity index is 1.40. The number of nitrogens with one attached hydrogen (secondary N) is 3. The van der Waals surface area contributed by atoms with Crippen molar-refractivity contribution in [1.29, 1.82) is 0 Å². The maximum absolute atomic E-state index is 12.5. The minimum Gasteiger partial charge on any atom is -0.322 e.